The number of alkyl halides is 3. The first-order valence-electron chi connectivity index (χ1n) is 8.12. The summed E-state index contributed by atoms with van der Waals surface area (Å²) in [6, 6.07) is 4.93. The smallest absolute Gasteiger partial charge is 0.416 e. The molecule has 0 aliphatic carbocycles. The Morgan fingerprint density at radius 2 is 1.96 bits per heavy atom. The van der Waals surface area contributed by atoms with Gasteiger partial charge in [0.15, 0.2) is 0 Å². The Balaban J connectivity index is 2.25. The van der Waals surface area contributed by atoms with Gasteiger partial charge in [0, 0.05) is 17.2 Å². The van der Waals surface area contributed by atoms with Crippen molar-refractivity contribution in [1.82, 2.24) is 9.88 Å². The molecule has 0 aliphatic rings. The van der Waals surface area contributed by atoms with E-state index in [0.29, 0.717) is 23.6 Å². The van der Waals surface area contributed by atoms with Crippen LogP contribution in [-0.2, 0) is 16.2 Å². The van der Waals surface area contributed by atoms with Crippen molar-refractivity contribution < 1.29 is 26.3 Å². The quantitative estimate of drug-likeness (QED) is 0.577. The van der Waals surface area contributed by atoms with Crippen LogP contribution in [0.3, 0.4) is 0 Å². The Labute approximate surface area is 169 Å². The Morgan fingerprint density at radius 3 is 2.61 bits per heavy atom. The van der Waals surface area contributed by atoms with Crippen molar-refractivity contribution in [2.24, 2.45) is 0 Å². The van der Waals surface area contributed by atoms with Crippen LogP contribution in [0.4, 0.5) is 18.9 Å². The highest BCUT2D eigenvalue weighted by molar-refractivity contribution is 9.10. The summed E-state index contributed by atoms with van der Waals surface area (Å²) >= 11 is 3.19. The van der Waals surface area contributed by atoms with Gasteiger partial charge in [-0.1, -0.05) is 6.07 Å². The van der Waals surface area contributed by atoms with Crippen molar-refractivity contribution in [3.63, 3.8) is 0 Å². The molecule has 0 atom stereocenters. The van der Waals surface area contributed by atoms with E-state index in [4.69, 9.17) is 4.74 Å². The van der Waals surface area contributed by atoms with Gasteiger partial charge in [0.25, 0.3) is 10.0 Å². The van der Waals surface area contributed by atoms with E-state index in [9.17, 15) is 21.6 Å². The van der Waals surface area contributed by atoms with Gasteiger partial charge < -0.3 is 9.64 Å². The van der Waals surface area contributed by atoms with Crippen LogP contribution in [0.1, 0.15) is 12.0 Å². The molecule has 0 aliphatic heterocycles. The zero-order valence-electron chi connectivity index (χ0n) is 15.1. The zero-order chi connectivity index (χ0) is 20.9. The molecule has 0 fully saturated rings. The maximum atomic E-state index is 12.9. The second-order valence-corrected chi connectivity index (χ2v) is 8.74. The van der Waals surface area contributed by atoms with Crippen molar-refractivity contribution in [2.75, 3.05) is 32.0 Å². The Hall–Kier alpha value is -1.85. The Kier molecular flexibility index (Phi) is 7.29. The van der Waals surface area contributed by atoms with Gasteiger partial charge in [-0.05, 0) is 60.7 Å². The van der Waals surface area contributed by atoms with Crippen molar-refractivity contribution in [1.29, 1.82) is 0 Å². The fourth-order valence-corrected chi connectivity index (χ4v) is 3.63. The average molecular weight is 482 g/mol. The number of rotatable bonds is 8. The third-order valence-corrected chi connectivity index (χ3v) is 5.32. The average Bonchev–Trinajstić information content (AvgIpc) is 2.59. The highest BCUT2D eigenvalue weighted by atomic mass is 79.9. The molecule has 1 heterocycles. The van der Waals surface area contributed by atoms with Crippen molar-refractivity contribution in [3.8, 4) is 5.88 Å². The van der Waals surface area contributed by atoms with E-state index in [0.717, 1.165) is 24.7 Å². The normalized spacial score (nSPS) is 12.2. The van der Waals surface area contributed by atoms with E-state index in [2.05, 4.69) is 25.6 Å². The lowest BCUT2D eigenvalue weighted by molar-refractivity contribution is -0.137. The molecule has 11 heteroatoms. The minimum atomic E-state index is -4.65. The molecule has 0 unspecified atom stereocenters. The number of nitrogens with one attached hydrogen (secondary N) is 1. The maximum absolute atomic E-state index is 12.9. The van der Waals surface area contributed by atoms with Gasteiger partial charge in [-0.3, -0.25) is 4.72 Å². The van der Waals surface area contributed by atoms with E-state index in [-0.39, 0.29) is 11.6 Å². The Morgan fingerprint density at radius 1 is 1.25 bits per heavy atom. The van der Waals surface area contributed by atoms with Crippen LogP contribution in [0.2, 0.25) is 0 Å². The molecule has 0 amide bonds. The van der Waals surface area contributed by atoms with Crippen LogP contribution in [-0.4, -0.2) is 45.5 Å². The fraction of sp³-hybridized carbons (Fsp3) is 0.353. The third-order valence-electron chi connectivity index (χ3n) is 3.52. The molecular formula is C17H19BrF3N3O3S. The van der Waals surface area contributed by atoms with E-state index in [1.807, 2.05) is 19.0 Å². The molecule has 1 aromatic heterocycles. The highest BCUT2D eigenvalue weighted by Gasteiger charge is 2.31. The molecule has 28 heavy (non-hydrogen) atoms. The molecule has 0 saturated carbocycles. The first kappa shape index (κ1) is 22.4. The third kappa shape index (κ3) is 6.35. The lowest BCUT2D eigenvalue weighted by Gasteiger charge is -2.15. The summed E-state index contributed by atoms with van der Waals surface area (Å²) in [6.45, 7) is 1.06. The van der Waals surface area contributed by atoms with Gasteiger partial charge in [0.05, 0.1) is 17.1 Å². The monoisotopic (exact) mass is 481 g/mol. The summed E-state index contributed by atoms with van der Waals surface area (Å²) in [6.07, 6.45) is -2.53. The number of anilines is 1. The highest BCUT2D eigenvalue weighted by Crippen LogP contribution is 2.32. The number of benzene rings is 1. The fourth-order valence-electron chi connectivity index (χ4n) is 2.21. The standard InChI is InChI=1S/C17H19BrF3N3O3S/c1-24(2)7-4-8-27-16-15(10-13(18)11-22-16)23-28(25,26)14-6-3-5-12(9-14)17(19,20)21/h3,5-6,9-11,23H,4,7-8H2,1-2H3. The van der Waals surface area contributed by atoms with Gasteiger partial charge in [0.2, 0.25) is 5.88 Å². The van der Waals surface area contributed by atoms with Crippen LogP contribution in [0.25, 0.3) is 0 Å². The molecular weight excluding hydrogens is 463 g/mol. The molecule has 6 nitrogen and oxygen atoms in total. The number of pyridine rings is 1. The Bertz CT molecular complexity index is 921. The summed E-state index contributed by atoms with van der Waals surface area (Å²) < 4.78 is 72.1. The lowest BCUT2D eigenvalue weighted by Crippen LogP contribution is -2.17. The number of sulfonamides is 1. The van der Waals surface area contributed by atoms with Gasteiger partial charge in [-0.2, -0.15) is 13.2 Å². The molecule has 0 bridgehead atoms. The number of hydrogen-bond acceptors (Lipinski definition) is 5. The second-order valence-electron chi connectivity index (χ2n) is 6.14. The van der Waals surface area contributed by atoms with Crippen LogP contribution < -0.4 is 9.46 Å². The van der Waals surface area contributed by atoms with Crippen molar-refractivity contribution in [2.45, 2.75) is 17.5 Å². The summed E-state index contributed by atoms with van der Waals surface area (Å²) in [4.78, 5) is 5.49. The summed E-state index contributed by atoms with van der Waals surface area (Å²) in [5.41, 5.74) is -1.03. The molecule has 0 radical (unpaired) electrons. The molecule has 1 aromatic carbocycles. The van der Waals surface area contributed by atoms with Gasteiger partial charge >= 0.3 is 6.18 Å². The molecule has 2 aromatic rings. The number of ether oxygens (including phenoxy) is 1. The van der Waals surface area contributed by atoms with Crippen LogP contribution >= 0.6 is 15.9 Å². The number of halogens is 4. The molecule has 154 valence electrons. The zero-order valence-corrected chi connectivity index (χ0v) is 17.5. The van der Waals surface area contributed by atoms with Crippen LogP contribution in [0.5, 0.6) is 5.88 Å². The topological polar surface area (TPSA) is 71.5 Å². The van der Waals surface area contributed by atoms with Crippen LogP contribution in [0.15, 0.2) is 45.9 Å². The van der Waals surface area contributed by atoms with Gasteiger partial charge in [0.1, 0.15) is 5.69 Å². The lowest BCUT2D eigenvalue weighted by atomic mass is 10.2. The predicted octanol–water partition coefficient (Wildman–Crippen LogP) is 3.99. The van der Waals surface area contributed by atoms with E-state index in [1.54, 1.807) is 0 Å². The van der Waals surface area contributed by atoms with Crippen molar-refractivity contribution >= 4 is 31.6 Å². The summed E-state index contributed by atoms with van der Waals surface area (Å²) in [7, 11) is -0.460. The minimum Gasteiger partial charge on any atom is -0.476 e. The van der Waals surface area contributed by atoms with E-state index < -0.39 is 26.7 Å². The first-order valence-corrected chi connectivity index (χ1v) is 10.4. The van der Waals surface area contributed by atoms with Gasteiger partial charge in [-0.25, -0.2) is 13.4 Å². The molecule has 0 saturated heterocycles. The SMILES string of the molecule is CN(C)CCCOc1ncc(Br)cc1NS(=O)(=O)c1cccc(C(F)(F)F)c1. The first-order chi connectivity index (χ1) is 13.0. The maximum Gasteiger partial charge on any atom is 0.416 e. The van der Waals surface area contributed by atoms with E-state index in [1.165, 1.54) is 12.3 Å². The molecule has 0 spiro atoms. The van der Waals surface area contributed by atoms with E-state index >= 15 is 0 Å². The number of aromatic nitrogens is 1. The largest absolute Gasteiger partial charge is 0.476 e. The number of hydrogen-bond donors (Lipinski definition) is 1. The van der Waals surface area contributed by atoms with Crippen molar-refractivity contribution in [3.05, 3.63) is 46.6 Å². The predicted molar refractivity (Wildman–Crippen MR) is 103 cm³/mol. The van der Waals surface area contributed by atoms with Gasteiger partial charge in [-0.15, -0.1) is 0 Å². The summed E-state index contributed by atoms with van der Waals surface area (Å²) in [5, 5.41) is 0. The molecule has 1 N–H and O–H groups in total. The molecule has 2 rings (SSSR count). The summed E-state index contributed by atoms with van der Waals surface area (Å²) in [5.74, 6) is 0.0394. The second kappa shape index (κ2) is 9.10. The number of nitrogens with zero attached hydrogens (tertiary/aromatic N) is 2. The minimum absolute atomic E-state index is 0.0247. The van der Waals surface area contributed by atoms with Crippen LogP contribution in [0, 0.1) is 0 Å².